The summed E-state index contributed by atoms with van der Waals surface area (Å²) in [5, 5.41) is 12.2. The van der Waals surface area contributed by atoms with E-state index in [1.165, 1.54) is 37.6 Å². The zero-order valence-electron chi connectivity index (χ0n) is 22.8. The van der Waals surface area contributed by atoms with Crippen molar-refractivity contribution in [1.82, 2.24) is 14.8 Å². The van der Waals surface area contributed by atoms with Gasteiger partial charge in [0.25, 0.3) is 5.91 Å². The fourth-order valence-corrected chi connectivity index (χ4v) is 4.04. The van der Waals surface area contributed by atoms with Crippen molar-refractivity contribution in [3.8, 4) is 17.2 Å². The number of benzene rings is 2. The SMILES string of the molecule is CCCCc1cc(NC(=O)Nc2ccc(Oc3ccnc(NC(=O)COC)c3)c(F)c2Cl)n(-c2ccc(C)cc2)n1. The number of amides is 3. The van der Waals surface area contributed by atoms with E-state index in [2.05, 4.69) is 33.0 Å². The summed E-state index contributed by atoms with van der Waals surface area (Å²) in [5.41, 5.74) is 2.77. The summed E-state index contributed by atoms with van der Waals surface area (Å²) in [6.07, 6.45) is 4.13. The Bertz CT molecular complexity index is 1530. The number of methoxy groups -OCH3 is 1. The smallest absolute Gasteiger partial charge is 0.324 e. The Morgan fingerprint density at radius 1 is 1.05 bits per heavy atom. The van der Waals surface area contributed by atoms with Gasteiger partial charge in [0.1, 0.15) is 29.0 Å². The highest BCUT2D eigenvalue weighted by atomic mass is 35.5. The lowest BCUT2D eigenvalue weighted by Gasteiger charge is -2.13. The molecule has 10 nitrogen and oxygen atoms in total. The third-order valence-corrected chi connectivity index (χ3v) is 6.23. The van der Waals surface area contributed by atoms with Gasteiger partial charge in [-0.2, -0.15) is 5.10 Å². The van der Waals surface area contributed by atoms with Gasteiger partial charge in [-0.05, 0) is 50.1 Å². The maximum absolute atomic E-state index is 15.1. The Hall–Kier alpha value is -4.48. The molecule has 2 aromatic carbocycles. The predicted octanol–water partition coefficient (Wildman–Crippen LogP) is 6.73. The zero-order valence-corrected chi connectivity index (χ0v) is 23.6. The van der Waals surface area contributed by atoms with Crippen molar-refractivity contribution in [2.24, 2.45) is 0 Å². The fourth-order valence-electron chi connectivity index (χ4n) is 3.84. The number of carbonyl (C=O) groups is 2. The lowest BCUT2D eigenvalue weighted by molar-refractivity contribution is -0.119. The number of hydrogen-bond donors (Lipinski definition) is 3. The molecule has 0 unspecified atom stereocenters. The van der Waals surface area contributed by atoms with Gasteiger partial charge in [0.05, 0.1) is 17.1 Å². The van der Waals surface area contributed by atoms with Gasteiger partial charge in [-0.15, -0.1) is 0 Å². The van der Waals surface area contributed by atoms with Crippen LogP contribution in [0.25, 0.3) is 5.69 Å². The Kier molecular flexibility index (Phi) is 9.88. The highest BCUT2D eigenvalue weighted by Crippen LogP contribution is 2.34. The monoisotopic (exact) mass is 580 g/mol. The number of hydrogen-bond acceptors (Lipinski definition) is 6. The van der Waals surface area contributed by atoms with Crippen molar-refractivity contribution in [2.75, 3.05) is 29.7 Å². The van der Waals surface area contributed by atoms with Crippen molar-refractivity contribution in [1.29, 1.82) is 0 Å². The summed E-state index contributed by atoms with van der Waals surface area (Å²) >= 11 is 6.25. The summed E-state index contributed by atoms with van der Waals surface area (Å²) in [5.74, 6) is -0.588. The number of ether oxygens (including phenoxy) is 2. The molecule has 12 heteroatoms. The molecule has 41 heavy (non-hydrogen) atoms. The summed E-state index contributed by atoms with van der Waals surface area (Å²) in [6.45, 7) is 3.94. The molecule has 0 spiro atoms. The van der Waals surface area contributed by atoms with Gasteiger partial charge in [0, 0.05) is 25.4 Å². The highest BCUT2D eigenvalue weighted by molar-refractivity contribution is 6.34. The number of unbranched alkanes of at least 4 members (excludes halogenated alkanes) is 1. The second-order valence-corrected chi connectivity index (χ2v) is 9.53. The van der Waals surface area contributed by atoms with Crippen molar-refractivity contribution >= 4 is 40.9 Å². The fraction of sp³-hybridized carbons (Fsp3) is 0.241. The number of aromatic nitrogens is 3. The number of urea groups is 1. The quantitative estimate of drug-likeness (QED) is 0.181. The van der Waals surface area contributed by atoms with Gasteiger partial charge >= 0.3 is 6.03 Å². The van der Waals surface area contributed by atoms with Crippen LogP contribution in [0.5, 0.6) is 11.5 Å². The van der Waals surface area contributed by atoms with Gasteiger partial charge in [-0.1, -0.05) is 42.6 Å². The number of nitrogens with zero attached hydrogens (tertiary/aromatic N) is 3. The first kappa shape index (κ1) is 29.5. The number of carbonyl (C=O) groups excluding carboxylic acids is 2. The van der Waals surface area contributed by atoms with E-state index < -0.39 is 17.8 Å². The average Bonchev–Trinajstić information content (AvgIpc) is 3.34. The van der Waals surface area contributed by atoms with Crippen LogP contribution in [0.3, 0.4) is 0 Å². The summed E-state index contributed by atoms with van der Waals surface area (Å²) in [7, 11) is 1.39. The third kappa shape index (κ3) is 7.80. The molecule has 0 fully saturated rings. The van der Waals surface area contributed by atoms with Crippen molar-refractivity contribution < 1.29 is 23.5 Å². The molecule has 0 aliphatic carbocycles. The van der Waals surface area contributed by atoms with E-state index in [1.54, 1.807) is 4.68 Å². The van der Waals surface area contributed by atoms with Crippen LogP contribution in [-0.4, -0.2) is 40.4 Å². The van der Waals surface area contributed by atoms with Crippen LogP contribution in [0, 0.1) is 12.7 Å². The first-order valence-electron chi connectivity index (χ1n) is 12.9. The molecule has 4 rings (SSSR count). The standard InChI is InChI=1S/C29H30ClFN6O4/c1-4-5-6-19-15-25(37(36-19)20-9-7-18(2)8-10-20)35-29(39)33-22-11-12-23(28(31)27(22)30)41-21-13-14-32-24(16-21)34-26(38)17-40-3/h7-16H,4-6,17H2,1-3H3,(H,32,34,38)(H2,33,35,39). The Balaban J connectivity index is 1.48. The molecule has 2 aromatic heterocycles. The Morgan fingerprint density at radius 2 is 1.83 bits per heavy atom. The van der Waals surface area contributed by atoms with Gasteiger partial charge in [0.2, 0.25) is 0 Å². The normalized spacial score (nSPS) is 10.8. The number of anilines is 3. The van der Waals surface area contributed by atoms with Crippen LogP contribution in [0.15, 0.2) is 60.8 Å². The molecule has 0 saturated heterocycles. The third-order valence-electron chi connectivity index (χ3n) is 5.86. The molecule has 0 atom stereocenters. The number of aryl methyl sites for hydroxylation is 2. The lowest BCUT2D eigenvalue weighted by atomic mass is 10.2. The van der Waals surface area contributed by atoms with E-state index in [0.717, 1.165) is 36.2 Å². The lowest BCUT2D eigenvalue weighted by Crippen LogP contribution is -2.21. The second kappa shape index (κ2) is 13.7. The van der Waals surface area contributed by atoms with Crippen LogP contribution in [0.4, 0.5) is 26.5 Å². The minimum Gasteiger partial charge on any atom is -0.454 e. The molecule has 4 aromatic rings. The van der Waals surface area contributed by atoms with Crippen LogP contribution >= 0.6 is 11.6 Å². The molecule has 0 aliphatic heterocycles. The highest BCUT2D eigenvalue weighted by Gasteiger charge is 2.18. The maximum atomic E-state index is 15.1. The molecule has 0 aliphatic rings. The number of halogens is 2. The van der Waals surface area contributed by atoms with Crippen molar-refractivity contribution in [3.05, 3.63) is 82.9 Å². The van der Waals surface area contributed by atoms with Gasteiger partial charge < -0.3 is 20.1 Å². The maximum Gasteiger partial charge on any atom is 0.324 e. The summed E-state index contributed by atoms with van der Waals surface area (Å²) < 4.78 is 27.2. The summed E-state index contributed by atoms with van der Waals surface area (Å²) in [4.78, 5) is 28.7. The van der Waals surface area contributed by atoms with E-state index in [9.17, 15) is 9.59 Å². The zero-order chi connectivity index (χ0) is 29.4. The topological polar surface area (TPSA) is 119 Å². The van der Waals surface area contributed by atoms with Gasteiger partial charge in [-0.3, -0.25) is 10.1 Å². The molecule has 3 N–H and O–H groups in total. The van der Waals surface area contributed by atoms with Gasteiger partial charge in [-0.25, -0.2) is 18.9 Å². The number of nitrogens with one attached hydrogen (secondary N) is 3. The van der Waals surface area contributed by atoms with E-state index >= 15 is 4.39 Å². The first-order chi connectivity index (χ1) is 19.8. The molecule has 0 bridgehead atoms. The van der Waals surface area contributed by atoms with Crippen molar-refractivity contribution in [3.63, 3.8) is 0 Å². The Labute approximate surface area is 241 Å². The van der Waals surface area contributed by atoms with E-state index in [0.29, 0.717) is 5.82 Å². The van der Waals surface area contributed by atoms with Gasteiger partial charge in [0.15, 0.2) is 11.6 Å². The predicted molar refractivity (Wildman–Crippen MR) is 156 cm³/mol. The molecule has 0 radical (unpaired) electrons. The Morgan fingerprint density at radius 3 is 2.56 bits per heavy atom. The molecule has 214 valence electrons. The molecule has 0 saturated carbocycles. The summed E-state index contributed by atoms with van der Waals surface area (Å²) in [6, 6.07) is 14.6. The van der Waals surface area contributed by atoms with Crippen LogP contribution < -0.4 is 20.7 Å². The largest absolute Gasteiger partial charge is 0.454 e. The van der Waals surface area contributed by atoms with E-state index in [4.69, 9.17) is 21.1 Å². The van der Waals surface area contributed by atoms with Crippen LogP contribution in [0.1, 0.15) is 31.0 Å². The second-order valence-electron chi connectivity index (χ2n) is 9.15. The van der Waals surface area contributed by atoms with Crippen LogP contribution in [-0.2, 0) is 16.0 Å². The van der Waals surface area contributed by atoms with E-state index in [-0.39, 0.29) is 34.6 Å². The average molecular weight is 581 g/mol. The molecule has 2 heterocycles. The minimum absolute atomic E-state index is 0.0453. The number of pyridine rings is 1. The number of rotatable bonds is 11. The molecular weight excluding hydrogens is 551 g/mol. The van der Waals surface area contributed by atoms with Crippen LogP contribution in [0.2, 0.25) is 5.02 Å². The molecule has 3 amide bonds. The minimum atomic E-state index is -0.877. The molecular formula is C29H30ClFN6O4. The first-order valence-corrected chi connectivity index (χ1v) is 13.3. The van der Waals surface area contributed by atoms with E-state index in [1.807, 2.05) is 37.3 Å². The van der Waals surface area contributed by atoms with Crippen molar-refractivity contribution in [2.45, 2.75) is 33.1 Å².